The van der Waals surface area contributed by atoms with E-state index in [1.54, 1.807) is 0 Å². The van der Waals surface area contributed by atoms with Crippen molar-refractivity contribution in [3.8, 4) is 0 Å². The number of nitrogens with zero attached hydrogens (tertiary/aromatic N) is 1. The van der Waals surface area contributed by atoms with Crippen molar-refractivity contribution in [3.63, 3.8) is 0 Å². The van der Waals surface area contributed by atoms with Gasteiger partial charge < -0.3 is 10.6 Å². The summed E-state index contributed by atoms with van der Waals surface area (Å²) in [6.07, 6.45) is 0. The number of rotatable bonds is 4. The Morgan fingerprint density at radius 1 is 1.50 bits per heavy atom. The minimum Gasteiger partial charge on any atom is -0.322 e. The molecule has 0 saturated carbocycles. The van der Waals surface area contributed by atoms with Gasteiger partial charge in [-0.3, -0.25) is 9.69 Å². The number of hydrogen-bond donors (Lipinski definition) is 2. The zero-order valence-electron chi connectivity index (χ0n) is 10.0. The van der Waals surface area contributed by atoms with Gasteiger partial charge in [0.2, 0.25) is 5.91 Å². The molecule has 1 aliphatic heterocycles. The number of likely N-dealkylation sites (N-methyl/N-ethyl adjacent to an activating group) is 1. The molecule has 0 aromatic heterocycles. The third-order valence-electron chi connectivity index (χ3n) is 2.98. The molecule has 0 radical (unpaired) electrons. The van der Waals surface area contributed by atoms with Gasteiger partial charge in [0, 0.05) is 25.2 Å². The lowest BCUT2D eigenvalue weighted by Gasteiger charge is -2.35. The van der Waals surface area contributed by atoms with Crippen LogP contribution >= 0.6 is 0 Å². The Labute approximate surface area is 104 Å². The maximum Gasteiger partial charge on any atom is 0.238 e. The first-order chi connectivity index (χ1) is 8.56. The molecule has 1 heterocycles. The lowest BCUT2D eigenvalue weighted by atomic mass is 10.1. The van der Waals surface area contributed by atoms with Crippen molar-refractivity contribution >= 4 is 11.6 Å². The summed E-state index contributed by atoms with van der Waals surface area (Å²) in [5.74, 6) is -1.57. The molecule has 0 spiro atoms. The van der Waals surface area contributed by atoms with E-state index in [1.165, 1.54) is 0 Å². The van der Waals surface area contributed by atoms with Crippen LogP contribution in [0.4, 0.5) is 14.5 Å². The molecule has 1 aliphatic rings. The summed E-state index contributed by atoms with van der Waals surface area (Å²) in [5, 5.41) is 5.47. The first kappa shape index (κ1) is 12.9. The van der Waals surface area contributed by atoms with Crippen LogP contribution in [0.3, 0.4) is 0 Å². The highest BCUT2D eigenvalue weighted by Crippen LogP contribution is 2.15. The normalized spacial score (nSPS) is 15.6. The van der Waals surface area contributed by atoms with Crippen LogP contribution in [0.15, 0.2) is 18.2 Å². The van der Waals surface area contributed by atoms with Gasteiger partial charge in [0.1, 0.15) is 11.6 Å². The first-order valence-electron chi connectivity index (χ1n) is 5.72. The average molecular weight is 255 g/mol. The smallest absolute Gasteiger partial charge is 0.238 e. The van der Waals surface area contributed by atoms with Crippen molar-refractivity contribution in [2.75, 3.05) is 32.0 Å². The van der Waals surface area contributed by atoms with Crippen molar-refractivity contribution in [2.45, 2.75) is 6.04 Å². The molecule has 0 bridgehead atoms. The number of carbonyl (C=O) groups excluding carboxylic acids is 1. The van der Waals surface area contributed by atoms with E-state index in [1.807, 2.05) is 11.9 Å². The van der Waals surface area contributed by atoms with Gasteiger partial charge in [0.05, 0.1) is 12.2 Å². The van der Waals surface area contributed by atoms with Crippen molar-refractivity contribution < 1.29 is 13.6 Å². The Bertz CT molecular complexity index is 449. The van der Waals surface area contributed by atoms with Crippen LogP contribution in [0.25, 0.3) is 0 Å². The molecule has 1 saturated heterocycles. The lowest BCUT2D eigenvalue weighted by Crippen LogP contribution is -2.57. The summed E-state index contributed by atoms with van der Waals surface area (Å²) in [5.41, 5.74) is -0.125. The minimum absolute atomic E-state index is 0.125. The van der Waals surface area contributed by atoms with Gasteiger partial charge in [-0.2, -0.15) is 0 Å². The molecule has 1 fully saturated rings. The van der Waals surface area contributed by atoms with Crippen molar-refractivity contribution in [2.24, 2.45) is 0 Å². The molecule has 1 amide bonds. The maximum absolute atomic E-state index is 13.3. The highest BCUT2D eigenvalue weighted by atomic mass is 19.1. The number of anilines is 1. The molecule has 1 aromatic carbocycles. The molecule has 0 unspecified atom stereocenters. The average Bonchev–Trinajstić information content (AvgIpc) is 2.20. The SMILES string of the molecule is CN(CC(=O)Nc1cc(F)ccc1F)C1CNC1. The molecular weight excluding hydrogens is 240 g/mol. The van der Waals surface area contributed by atoms with Gasteiger partial charge >= 0.3 is 0 Å². The Balaban J connectivity index is 1.91. The van der Waals surface area contributed by atoms with Crippen LogP contribution in [-0.4, -0.2) is 43.5 Å². The predicted molar refractivity (Wildman–Crippen MR) is 64.3 cm³/mol. The molecule has 18 heavy (non-hydrogen) atoms. The topological polar surface area (TPSA) is 44.4 Å². The van der Waals surface area contributed by atoms with Crippen LogP contribution in [0.5, 0.6) is 0 Å². The van der Waals surface area contributed by atoms with Crippen LogP contribution < -0.4 is 10.6 Å². The molecule has 0 atom stereocenters. The molecule has 1 aromatic rings. The van der Waals surface area contributed by atoms with Gasteiger partial charge in [0.25, 0.3) is 0 Å². The fourth-order valence-corrected chi connectivity index (χ4v) is 1.72. The molecule has 2 rings (SSSR count). The third kappa shape index (κ3) is 3.02. The molecule has 0 aliphatic carbocycles. The summed E-state index contributed by atoms with van der Waals surface area (Å²) in [7, 11) is 1.83. The minimum atomic E-state index is -0.641. The standard InChI is InChI=1S/C12H15F2N3O/c1-17(9-5-15-6-9)7-12(18)16-11-4-8(13)2-3-10(11)14/h2-4,9,15H,5-7H2,1H3,(H,16,18). The van der Waals surface area contributed by atoms with Gasteiger partial charge in [-0.05, 0) is 19.2 Å². The largest absolute Gasteiger partial charge is 0.322 e. The van der Waals surface area contributed by atoms with Gasteiger partial charge in [-0.25, -0.2) is 8.78 Å². The Hall–Kier alpha value is -1.53. The Morgan fingerprint density at radius 2 is 2.22 bits per heavy atom. The van der Waals surface area contributed by atoms with E-state index in [-0.39, 0.29) is 18.1 Å². The Kier molecular flexibility index (Phi) is 3.88. The molecule has 2 N–H and O–H groups in total. The van der Waals surface area contributed by atoms with E-state index < -0.39 is 11.6 Å². The van der Waals surface area contributed by atoms with Crippen LogP contribution in [0, 0.1) is 11.6 Å². The number of carbonyl (C=O) groups is 1. The van der Waals surface area contributed by atoms with Crippen LogP contribution in [0.1, 0.15) is 0 Å². The second kappa shape index (κ2) is 5.41. The zero-order chi connectivity index (χ0) is 13.1. The number of benzene rings is 1. The fourth-order valence-electron chi connectivity index (χ4n) is 1.72. The number of nitrogens with one attached hydrogen (secondary N) is 2. The van der Waals surface area contributed by atoms with Crippen LogP contribution in [0.2, 0.25) is 0 Å². The van der Waals surface area contributed by atoms with E-state index in [2.05, 4.69) is 10.6 Å². The summed E-state index contributed by atoms with van der Waals surface area (Å²) in [6, 6.07) is 3.30. The third-order valence-corrected chi connectivity index (χ3v) is 2.98. The van der Waals surface area contributed by atoms with Crippen molar-refractivity contribution in [3.05, 3.63) is 29.8 Å². The molecular formula is C12H15F2N3O. The second-order valence-electron chi connectivity index (χ2n) is 4.40. The highest BCUT2D eigenvalue weighted by molar-refractivity contribution is 5.92. The zero-order valence-corrected chi connectivity index (χ0v) is 10.0. The quantitative estimate of drug-likeness (QED) is 0.836. The van der Waals surface area contributed by atoms with Crippen molar-refractivity contribution in [1.29, 1.82) is 0 Å². The second-order valence-corrected chi connectivity index (χ2v) is 4.40. The number of amides is 1. The molecule has 98 valence electrons. The van der Waals surface area contributed by atoms with Gasteiger partial charge in [-0.15, -0.1) is 0 Å². The lowest BCUT2D eigenvalue weighted by molar-refractivity contribution is -0.117. The monoisotopic (exact) mass is 255 g/mol. The summed E-state index contributed by atoms with van der Waals surface area (Å²) in [4.78, 5) is 13.5. The fraction of sp³-hybridized carbons (Fsp3) is 0.417. The van der Waals surface area contributed by atoms with E-state index in [0.717, 1.165) is 31.3 Å². The van der Waals surface area contributed by atoms with Gasteiger partial charge in [-0.1, -0.05) is 0 Å². The van der Waals surface area contributed by atoms with Crippen molar-refractivity contribution in [1.82, 2.24) is 10.2 Å². The predicted octanol–water partition coefficient (Wildman–Crippen LogP) is 0.807. The van der Waals surface area contributed by atoms with E-state index in [9.17, 15) is 13.6 Å². The Morgan fingerprint density at radius 3 is 2.83 bits per heavy atom. The summed E-state index contributed by atoms with van der Waals surface area (Å²) >= 11 is 0. The summed E-state index contributed by atoms with van der Waals surface area (Å²) in [6.45, 7) is 1.85. The highest BCUT2D eigenvalue weighted by Gasteiger charge is 2.23. The van der Waals surface area contributed by atoms with E-state index >= 15 is 0 Å². The number of hydrogen-bond acceptors (Lipinski definition) is 3. The van der Waals surface area contributed by atoms with E-state index in [4.69, 9.17) is 0 Å². The summed E-state index contributed by atoms with van der Waals surface area (Å²) < 4.78 is 26.2. The van der Waals surface area contributed by atoms with Gasteiger partial charge in [0.15, 0.2) is 0 Å². The molecule has 6 heteroatoms. The van der Waals surface area contributed by atoms with Crippen LogP contribution in [-0.2, 0) is 4.79 Å². The number of halogens is 2. The maximum atomic E-state index is 13.3. The van der Waals surface area contributed by atoms with E-state index in [0.29, 0.717) is 6.04 Å². The molecule has 4 nitrogen and oxygen atoms in total. The first-order valence-corrected chi connectivity index (χ1v) is 5.72.